The molecule has 1 aliphatic heterocycles. The first-order valence-corrected chi connectivity index (χ1v) is 3.96. The summed E-state index contributed by atoms with van der Waals surface area (Å²) in [6, 6.07) is 0. The summed E-state index contributed by atoms with van der Waals surface area (Å²) >= 11 is 5.62. The summed E-state index contributed by atoms with van der Waals surface area (Å²) in [5.74, 6) is 0.322. The van der Waals surface area contributed by atoms with Gasteiger partial charge < -0.3 is 4.74 Å². The van der Waals surface area contributed by atoms with Gasteiger partial charge in [0.05, 0.1) is 11.6 Å². The Morgan fingerprint density at radius 1 is 1.50 bits per heavy atom. The molecule has 0 spiro atoms. The number of allylic oxidation sites excluding steroid dienone is 3. The van der Waals surface area contributed by atoms with Gasteiger partial charge >= 0.3 is 0 Å². The van der Waals surface area contributed by atoms with Crippen molar-refractivity contribution in [2.24, 2.45) is 4.99 Å². The number of carbonyl (C=O) groups is 1. The van der Waals surface area contributed by atoms with Crippen molar-refractivity contribution >= 4 is 23.1 Å². The van der Waals surface area contributed by atoms with Crippen molar-refractivity contribution in [3.63, 3.8) is 0 Å². The fourth-order valence-corrected chi connectivity index (χ4v) is 1.24. The second-order valence-corrected chi connectivity index (χ2v) is 2.89. The molecule has 0 aromatic rings. The Labute approximate surface area is 74.4 Å². The van der Waals surface area contributed by atoms with E-state index in [1.807, 2.05) is 0 Å². The van der Waals surface area contributed by atoms with Crippen LogP contribution >= 0.6 is 11.6 Å². The smallest absolute Gasteiger partial charge is 0.201 e. The monoisotopic (exact) mass is 183 g/mol. The predicted octanol–water partition coefficient (Wildman–Crippen LogP) is 1.05. The van der Waals surface area contributed by atoms with E-state index < -0.39 is 0 Å². The Hall–Kier alpha value is -1.09. The van der Waals surface area contributed by atoms with Crippen LogP contribution in [0.4, 0.5) is 0 Å². The van der Waals surface area contributed by atoms with Crippen LogP contribution in [0, 0.1) is 0 Å². The van der Waals surface area contributed by atoms with E-state index in [-0.39, 0.29) is 10.8 Å². The zero-order chi connectivity index (χ0) is 8.55. The molecule has 0 saturated heterocycles. The van der Waals surface area contributed by atoms with E-state index >= 15 is 0 Å². The third-order valence-electron chi connectivity index (χ3n) is 1.64. The third-order valence-corrected chi connectivity index (χ3v) is 1.94. The number of ketones is 1. The Morgan fingerprint density at radius 3 is 3.17 bits per heavy atom. The average Bonchev–Trinajstić information content (AvgIpc) is 2.07. The number of hydrogen-bond acceptors (Lipinski definition) is 3. The number of hydrogen-bond donors (Lipinski definition) is 0. The summed E-state index contributed by atoms with van der Waals surface area (Å²) in [7, 11) is 0. The topological polar surface area (TPSA) is 38.7 Å². The van der Waals surface area contributed by atoms with Crippen molar-refractivity contribution < 1.29 is 9.53 Å². The molecular formula is C8H6ClNO2. The van der Waals surface area contributed by atoms with Crippen molar-refractivity contribution in [2.75, 3.05) is 13.2 Å². The maximum Gasteiger partial charge on any atom is 0.201 e. The van der Waals surface area contributed by atoms with Gasteiger partial charge in [-0.15, -0.1) is 0 Å². The SMILES string of the molecule is O=C1C=C2OCCN=C2C=C1Cl. The third kappa shape index (κ3) is 1.16. The molecule has 0 amide bonds. The van der Waals surface area contributed by atoms with Crippen LogP contribution in [0.5, 0.6) is 0 Å². The second kappa shape index (κ2) is 2.75. The molecule has 0 saturated carbocycles. The number of carbonyl (C=O) groups excluding carboxylic acids is 1. The minimum Gasteiger partial charge on any atom is -0.489 e. The lowest BCUT2D eigenvalue weighted by atomic mass is 10.1. The Morgan fingerprint density at radius 2 is 2.33 bits per heavy atom. The summed E-state index contributed by atoms with van der Waals surface area (Å²) in [4.78, 5) is 15.2. The molecule has 1 heterocycles. The number of halogens is 1. The summed E-state index contributed by atoms with van der Waals surface area (Å²) < 4.78 is 5.21. The van der Waals surface area contributed by atoms with E-state index in [9.17, 15) is 4.79 Å². The van der Waals surface area contributed by atoms with Gasteiger partial charge in [-0.3, -0.25) is 9.79 Å². The number of rotatable bonds is 0. The highest BCUT2D eigenvalue weighted by Gasteiger charge is 2.20. The van der Waals surface area contributed by atoms with Crippen LogP contribution in [0.2, 0.25) is 0 Å². The van der Waals surface area contributed by atoms with E-state index in [0.29, 0.717) is 24.6 Å². The molecule has 0 fully saturated rings. The fraction of sp³-hybridized carbons (Fsp3) is 0.250. The fourth-order valence-electron chi connectivity index (χ4n) is 1.09. The van der Waals surface area contributed by atoms with Gasteiger partial charge in [-0.2, -0.15) is 0 Å². The number of aliphatic imine (C=N–C) groups is 1. The van der Waals surface area contributed by atoms with Crippen molar-refractivity contribution in [1.82, 2.24) is 0 Å². The average molecular weight is 184 g/mol. The zero-order valence-electron chi connectivity index (χ0n) is 6.21. The summed E-state index contributed by atoms with van der Waals surface area (Å²) in [5, 5.41) is 0.197. The first kappa shape index (κ1) is 7.55. The standard InChI is InChI=1S/C8H6ClNO2/c9-5-3-6-8(4-7(5)11)12-2-1-10-6/h3-4H,1-2H2. The first-order chi connectivity index (χ1) is 5.77. The molecule has 62 valence electrons. The molecule has 2 aliphatic rings. The molecule has 0 atom stereocenters. The molecule has 0 aromatic heterocycles. The molecule has 4 heteroatoms. The Bertz CT molecular complexity index is 328. The molecule has 12 heavy (non-hydrogen) atoms. The maximum atomic E-state index is 11.0. The molecule has 0 bridgehead atoms. The van der Waals surface area contributed by atoms with Crippen LogP contribution in [0.3, 0.4) is 0 Å². The normalized spacial score (nSPS) is 21.8. The van der Waals surface area contributed by atoms with Crippen LogP contribution in [0.25, 0.3) is 0 Å². The van der Waals surface area contributed by atoms with Crippen LogP contribution < -0.4 is 0 Å². The predicted molar refractivity (Wildman–Crippen MR) is 45.3 cm³/mol. The van der Waals surface area contributed by atoms with Crippen molar-refractivity contribution in [2.45, 2.75) is 0 Å². The highest BCUT2D eigenvalue weighted by atomic mass is 35.5. The largest absolute Gasteiger partial charge is 0.489 e. The first-order valence-electron chi connectivity index (χ1n) is 3.58. The van der Waals surface area contributed by atoms with Gasteiger partial charge in [0.25, 0.3) is 0 Å². The van der Waals surface area contributed by atoms with Crippen LogP contribution in [0.1, 0.15) is 0 Å². The maximum absolute atomic E-state index is 11.0. The highest BCUT2D eigenvalue weighted by molar-refractivity contribution is 6.47. The number of nitrogens with zero attached hydrogens (tertiary/aromatic N) is 1. The lowest BCUT2D eigenvalue weighted by Crippen LogP contribution is -2.19. The van der Waals surface area contributed by atoms with Gasteiger partial charge in [-0.1, -0.05) is 11.6 Å². The van der Waals surface area contributed by atoms with E-state index in [1.165, 1.54) is 6.08 Å². The van der Waals surface area contributed by atoms with Crippen LogP contribution in [-0.4, -0.2) is 24.6 Å². The molecule has 1 aliphatic carbocycles. The molecule has 0 unspecified atom stereocenters. The van der Waals surface area contributed by atoms with Crippen LogP contribution in [-0.2, 0) is 9.53 Å². The molecule has 2 rings (SSSR count). The Balaban J connectivity index is 2.42. The zero-order valence-corrected chi connectivity index (χ0v) is 6.97. The van der Waals surface area contributed by atoms with E-state index in [0.717, 1.165) is 0 Å². The molecule has 0 aromatic carbocycles. The van der Waals surface area contributed by atoms with E-state index in [4.69, 9.17) is 16.3 Å². The van der Waals surface area contributed by atoms with Crippen molar-refractivity contribution in [3.8, 4) is 0 Å². The lowest BCUT2D eigenvalue weighted by molar-refractivity contribution is -0.111. The lowest BCUT2D eigenvalue weighted by Gasteiger charge is -2.17. The Kier molecular flexibility index (Phi) is 1.73. The highest BCUT2D eigenvalue weighted by Crippen LogP contribution is 2.18. The van der Waals surface area contributed by atoms with Gasteiger partial charge in [0.2, 0.25) is 5.78 Å². The minimum atomic E-state index is -0.215. The molecule has 0 radical (unpaired) electrons. The summed E-state index contributed by atoms with van der Waals surface area (Å²) in [6.45, 7) is 1.16. The molecular weight excluding hydrogens is 178 g/mol. The van der Waals surface area contributed by atoms with Gasteiger partial charge in [-0.25, -0.2) is 0 Å². The van der Waals surface area contributed by atoms with Crippen LogP contribution in [0.15, 0.2) is 27.9 Å². The summed E-state index contributed by atoms with van der Waals surface area (Å²) in [5.41, 5.74) is 0.672. The van der Waals surface area contributed by atoms with E-state index in [2.05, 4.69) is 4.99 Å². The van der Waals surface area contributed by atoms with Crippen molar-refractivity contribution in [1.29, 1.82) is 0 Å². The van der Waals surface area contributed by atoms with Gasteiger partial charge in [0.15, 0.2) is 0 Å². The van der Waals surface area contributed by atoms with Gasteiger partial charge in [0.1, 0.15) is 18.1 Å². The quantitative estimate of drug-likeness (QED) is 0.527. The minimum absolute atomic E-state index is 0.197. The van der Waals surface area contributed by atoms with Gasteiger partial charge in [-0.05, 0) is 6.08 Å². The number of ether oxygens (including phenoxy) is 1. The number of fused-ring (bicyclic) bond motifs is 1. The summed E-state index contributed by atoms with van der Waals surface area (Å²) in [6.07, 6.45) is 2.92. The van der Waals surface area contributed by atoms with E-state index in [1.54, 1.807) is 6.08 Å². The van der Waals surface area contributed by atoms with Crippen molar-refractivity contribution in [3.05, 3.63) is 22.9 Å². The van der Waals surface area contributed by atoms with Gasteiger partial charge in [0, 0.05) is 6.08 Å². The molecule has 0 N–H and O–H groups in total. The molecule has 3 nitrogen and oxygen atoms in total. The second-order valence-electron chi connectivity index (χ2n) is 2.48.